The van der Waals surface area contributed by atoms with Gasteiger partial charge in [-0.05, 0) is 34.8 Å². The largest absolute Gasteiger partial charge is 0.383 e. The highest BCUT2D eigenvalue weighted by Crippen LogP contribution is 2.31. The van der Waals surface area contributed by atoms with Crippen molar-refractivity contribution in [2.45, 2.75) is 23.8 Å². The van der Waals surface area contributed by atoms with Crippen LogP contribution in [0.4, 0.5) is 15.7 Å². The summed E-state index contributed by atoms with van der Waals surface area (Å²) < 4.78 is 32.8. The molecule has 1 aliphatic rings. The predicted molar refractivity (Wildman–Crippen MR) is 111 cm³/mol. The Morgan fingerprint density at radius 1 is 1.46 bits per heavy atom. The van der Waals surface area contributed by atoms with Crippen LogP contribution in [0.3, 0.4) is 0 Å². The van der Waals surface area contributed by atoms with Crippen LogP contribution in [-0.4, -0.2) is 50.7 Å². The number of nitrogens with one attached hydrogen (secondary N) is 2. The number of urea groups is 1. The third-order valence-corrected chi connectivity index (χ3v) is 7.01. The second kappa shape index (κ2) is 8.91. The molecule has 1 fully saturated rings. The molecular weight excluding hydrogens is 494 g/mol. The zero-order chi connectivity index (χ0) is 20.3. The molecule has 1 aliphatic heterocycles. The Bertz CT molecular complexity index is 971. The van der Waals surface area contributed by atoms with Crippen molar-refractivity contribution >= 4 is 65.9 Å². The van der Waals surface area contributed by atoms with Crippen molar-refractivity contribution in [1.29, 1.82) is 0 Å². The molecule has 0 unspecified atom stereocenters. The summed E-state index contributed by atoms with van der Waals surface area (Å²) in [4.78, 5) is 21.9. The number of hydrogen-bond donors (Lipinski definition) is 2. The first-order valence-corrected chi connectivity index (χ1v) is 11.6. The molecule has 0 spiro atoms. The maximum Gasteiger partial charge on any atom is 0.334 e. The van der Waals surface area contributed by atoms with Crippen molar-refractivity contribution in [3.8, 4) is 0 Å². The van der Waals surface area contributed by atoms with E-state index in [0.717, 1.165) is 30.7 Å². The number of rotatable bonds is 6. The summed E-state index contributed by atoms with van der Waals surface area (Å²) in [5.74, 6) is 0.497. The number of sulfonamides is 1. The van der Waals surface area contributed by atoms with Crippen molar-refractivity contribution < 1.29 is 17.9 Å². The van der Waals surface area contributed by atoms with E-state index >= 15 is 0 Å². The average molecular weight is 511 g/mol. The number of anilines is 2. The quantitative estimate of drug-likeness (QED) is 0.614. The monoisotopic (exact) mass is 509 g/mol. The number of amides is 2. The minimum atomic E-state index is -4.15. The van der Waals surface area contributed by atoms with Gasteiger partial charge in [-0.25, -0.2) is 27.9 Å². The van der Waals surface area contributed by atoms with E-state index in [1.807, 2.05) is 9.62 Å². The van der Waals surface area contributed by atoms with Gasteiger partial charge in [0.2, 0.25) is 0 Å². The lowest BCUT2D eigenvalue weighted by molar-refractivity contribution is 0.180. The van der Waals surface area contributed by atoms with Crippen LogP contribution in [0.2, 0.25) is 5.02 Å². The molecule has 2 amide bonds. The number of nitrogens with zero attached hydrogens (tertiary/aromatic N) is 3. The van der Waals surface area contributed by atoms with Gasteiger partial charge in [0.1, 0.15) is 10.7 Å². The first-order valence-electron chi connectivity index (χ1n) is 8.16. The van der Waals surface area contributed by atoms with E-state index in [1.165, 1.54) is 18.5 Å². The van der Waals surface area contributed by atoms with E-state index in [2.05, 4.69) is 31.2 Å². The number of thiazole rings is 1. The molecule has 0 bridgehead atoms. The maximum atomic E-state index is 12.5. The SMILES string of the molecule is COC[C@@H]1CCCN1c1ncc(S(=O)(=O)NC(=O)Nc2ncc(Br)s2)cc1Cl. The fourth-order valence-electron chi connectivity index (χ4n) is 2.87. The summed E-state index contributed by atoms with van der Waals surface area (Å²) >= 11 is 10.7. The van der Waals surface area contributed by atoms with Gasteiger partial charge in [-0.15, -0.1) is 0 Å². The van der Waals surface area contributed by atoms with Gasteiger partial charge >= 0.3 is 6.03 Å². The van der Waals surface area contributed by atoms with Crippen molar-refractivity contribution in [2.24, 2.45) is 0 Å². The van der Waals surface area contributed by atoms with Crippen LogP contribution in [0.15, 0.2) is 27.1 Å². The Morgan fingerprint density at radius 3 is 2.89 bits per heavy atom. The molecule has 28 heavy (non-hydrogen) atoms. The number of carbonyl (C=O) groups excluding carboxylic acids is 1. The highest BCUT2D eigenvalue weighted by Gasteiger charge is 2.28. The molecule has 3 rings (SSSR count). The Hall–Kier alpha value is -1.47. The van der Waals surface area contributed by atoms with Gasteiger partial charge in [-0.3, -0.25) is 5.32 Å². The smallest absolute Gasteiger partial charge is 0.334 e. The number of ether oxygens (including phenoxy) is 1. The zero-order valence-electron chi connectivity index (χ0n) is 14.7. The predicted octanol–water partition coefficient (Wildman–Crippen LogP) is 3.08. The summed E-state index contributed by atoms with van der Waals surface area (Å²) in [5, 5.41) is 2.80. The van der Waals surface area contributed by atoms with Crippen molar-refractivity contribution in [2.75, 3.05) is 30.5 Å². The van der Waals surface area contributed by atoms with Gasteiger partial charge in [-0.1, -0.05) is 22.9 Å². The van der Waals surface area contributed by atoms with E-state index in [0.29, 0.717) is 16.2 Å². The lowest BCUT2D eigenvalue weighted by Crippen LogP contribution is -2.35. The Labute approximate surface area is 179 Å². The van der Waals surface area contributed by atoms with E-state index < -0.39 is 16.1 Å². The standard InChI is InChI=1S/C15H17BrClN5O4S2/c1-26-8-9-3-2-4-22(9)13-11(17)5-10(6-18-13)28(24,25)21-14(23)20-15-19-7-12(16)27-15/h5-7,9H,2-4,8H2,1H3,(H2,19,20,21,23)/t9-/m0/s1. The Morgan fingerprint density at radius 2 is 2.25 bits per heavy atom. The van der Waals surface area contributed by atoms with E-state index in [1.54, 1.807) is 7.11 Å². The van der Waals surface area contributed by atoms with Crippen molar-refractivity contribution in [3.63, 3.8) is 0 Å². The lowest BCUT2D eigenvalue weighted by Gasteiger charge is -2.26. The van der Waals surface area contributed by atoms with Crippen molar-refractivity contribution in [3.05, 3.63) is 27.3 Å². The Balaban J connectivity index is 1.73. The molecule has 2 N–H and O–H groups in total. The van der Waals surface area contributed by atoms with Gasteiger partial charge < -0.3 is 9.64 Å². The van der Waals surface area contributed by atoms with Crippen molar-refractivity contribution in [1.82, 2.24) is 14.7 Å². The fourth-order valence-corrected chi connectivity index (χ4v) is 5.19. The topological polar surface area (TPSA) is 114 Å². The van der Waals surface area contributed by atoms with Crippen LogP contribution in [-0.2, 0) is 14.8 Å². The van der Waals surface area contributed by atoms with Crippen LogP contribution >= 0.6 is 38.9 Å². The Kier molecular flexibility index (Phi) is 6.76. The highest BCUT2D eigenvalue weighted by atomic mass is 79.9. The molecule has 3 heterocycles. The third-order valence-electron chi connectivity index (χ3n) is 4.04. The zero-order valence-corrected chi connectivity index (χ0v) is 18.7. The van der Waals surface area contributed by atoms with Crippen LogP contribution in [0, 0.1) is 0 Å². The highest BCUT2D eigenvalue weighted by molar-refractivity contribution is 9.11. The average Bonchev–Trinajstić information content (AvgIpc) is 3.23. The number of carbonyl (C=O) groups is 1. The van der Waals surface area contributed by atoms with Gasteiger partial charge in [0.25, 0.3) is 10.0 Å². The summed E-state index contributed by atoms with van der Waals surface area (Å²) in [6.07, 6.45) is 4.59. The fraction of sp³-hybridized carbons (Fsp3) is 0.400. The summed E-state index contributed by atoms with van der Waals surface area (Å²) in [5.41, 5.74) is 0. The lowest BCUT2D eigenvalue weighted by atomic mass is 10.2. The number of methoxy groups -OCH3 is 1. The minimum Gasteiger partial charge on any atom is -0.383 e. The molecule has 152 valence electrons. The molecule has 0 saturated carbocycles. The number of hydrogen-bond acceptors (Lipinski definition) is 8. The normalized spacial score (nSPS) is 17.0. The van der Waals surface area contributed by atoms with Gasteiger partial charge in [0, 0.05) is 19.9 Å². The van der Waals surface area contributed by atoms with E-state index in [9.17, 15) is 13.2 Å². The maximum absolute atomic E-state index is 12.5. The second-order valence-electron chi connectivity index (χ2n) is 5.95. The number of aromatic nitrogens is 2. The first kappa shape index (κ1) is 21.2. The van der Waals surface area contributed by atoms with Gasteiger partial charge in [0.05, 0.1) is 27.7 Å². The van der Waals surface area contributed by atoms with Crippen LogP contribution in [0.5, 0.6) is 0 Å². The first-order chi connectivity index (χ1) is 13.3. The van der Waals surface area contributed by atoms with Gasteiger partial charge in [0.15, 0.2) is 5.13 Å². The van der Waals surface area contributed by atoms with Crippen LogP contribution in [0.25, 0.3) is 0 Å². The second-order valence-corrected chi connectivity index (χ2v) is 10.4. The minimum absolute atomic E-state index is 0.138. The third kappa shape index (κ3) is 4.92. The molecule has 1 atom stereocenters. The van der Waals surface area contributed by atoms with Crippen LogP contribution in [0.1, 0.15) is 12.8 Å². The molecule has 1 saturated heterocycles. The molecular formula is C15H17BrClN5O4S2. The molecule has 2 aromatic rings. The van der Waals surface area contributed by atoms with Crippen LogP contribution < -0.4 is 14.9 Å². The molecule has 2 aromatic heterocycles. The molecule has 0 radical (unpaired) electrons. The summed E-state index contributed by atoms with van der Waals surface area (Å²) in [6, 6.07) is 0.488. The summed E-state index contributed by atoms with van der Waals surface area (Å²) in [6.45, 7) is 1.30. The molecule has 0 aliphatic carbocycles. The van der Waals surface area contributed by atoms with E-state index in [4.69, 9.17) is 16.3 Å². The van der Waals surface area contributed by atoms with Gasteiger partial charge in [-0.2, -0.15) is 0 Å². The molecule has 0 aromatic carbocycles. The van der Waals surface area contributed by atoms with E-state index in [-0.39, 0.29) is 21.1 Å². The number of pyridine rings is 1. The number of halogens is 2. The summed E-state index contributed by atoms with van der Waals surface area (Å²) in [7, 11) is -2.52. The molecule has 13 heteroatoms. The molecule has 9 nitrogen and oxygen atoms in total.